The van der Waals surface area contributed by atoms with Crippen molar-refractivity contribution in [1.29, 1.82) is 0 Å². The van der Waals surface area contributed by atoms with Crippen LogP contribution >= 0.6 is 0 Å². The molecule has 5 heteroatoms. The molecule has 166 valence electrons. The minimum atomic E-state index is -0.732. The highest BCUT2D eigenvalue weighted by Crippen LogP contribution is 2.34. The van der Waals surface area contributed by atoms with Crippen LogP contribution in [0, 0.1) is 0 Å². The van der Waals surface area contributed by atoms with E-state index in [1.54, 1.807) is 6.20 Å². The van der Waals surface area contributed by atoms with Crippen molar-refractivity contribution in [2.75, 3.05) is 7.18 Å². The van der Waals surface area contributed by atoms with E-state index in [2.05, 4.69) is 47.4 Å². The summed E-state index contributed by atoms with van der Waals surface area (Å²) in [4.78, 5) is 9.65. The molecule has 0 unspecified atom stereocenters. The second-order valence-corrected chi connectivity index (χ2v) is 8.29. The zero-order valence-corrected chi connectivity index (χ0v) is 18.8. The van der Waals surface area contributed by atoms with E-state index in [1.165, 1.54) is 0 Å². The van der Waals surface area contributed by atoms with Crippen molar-refractivity contribution in [1.82, 2.24) is 9.97 Å². The Morgan fingerprint density at radius 1 is 0.938 bits per heavy atom. The van der Waals surface area contributed by atoms with Crippen LogP contribution in [0.3, 0.4) is 0 Å². The SMILES string of the molecule is CC(C)(O)CCc1nccc2nc(-c3ccc(CN)cc3)c(-c3ccccc3)cc12.CF. The molecule has 0 aliphatic rings. The molecule has 4 rings (SSSR count). The fourth-order valence-corrected chi connectivity index (χ4v) is 3.63. The molecule has 0 spiro atoms. The van der Waals surface area contributed by atoms with Gasteiger partial charge in [-0.3, -0.25) is 9.37 Å². The summed E-state index contributed by atoms with van der Waals surface area (Å²) in [5.74, 6) is 0. The molecule has 32 heavy (non-hydrogen) atoms. The molecule has 0 saturated carbocycles. The summed E-state index contributed by atoms with van der Waals surface area (Å²) >= 11 is 0. The Morgan fingerprint density at radius 2 is 1.62 bits per heavy atom. The Kier molecular flexibility index (Phi) is 7.67. The highest BCUT2D eigenvalue weighted by molar-refractivity contribution is 5.92. The fraction of sp³-hybridized carbons (Fsp3) is 0.259. The van der Waals surface area contributed by atoms with Gasteiger partial charge < -0.3 is 10.8 Å². The number of pyridine rings is 2. The molecular formula is C27H30FN3O. The smallest absolute Gasteiger partial charge is 0.0788 e. The second-order valence-electron chi connectivity index (χ2n) is 8.29. The molecule has 0 aliphatic carbocycles. The van der Waals surface area contributed by atoms with Gasteiger partial charge in [0.05, 0.1) is 24.0 Å². The Labute approximate surface area is 189 Å². The number of hydrogen-bond donors (Lipinski definition) is 2. The van der Waals surface area contributed by atoms with Crippen LogP contribution in [0.2, 0.25) is 0 Å². The van der Waals surface area contributed by atoms with E-state index < -0.39 is 5.60 Å². The summed E-state index contributed by atoms with van der Waals surface area (Å²) in [7, 11) is 0.500. The number of halogens is 1. The van der Waals surface area contributed by atoms with Crippen molar-refractivity contribution < 1.29 is 9.50 Å². The molecule has 0 fully saturated rings. The summed E-state index contributed by atoms with van der Waals surface area (Å²) in [5, 5.41) is 11.2. The van der Waals surface area contributed by atoms with Crippen molar-refractivity contribution in [3.63, 3.8) is 0 Å². The number of aryl methyl sites for hydroxylation is 1. The minimum absolute atomic E-state index is 0.500. The van der Waals surface area contributed by atoms with Crippen LogP contribution in [0.15, 0.2) is 72.9 Å². The van der Waals surface area contributed by atoms with Gasteiger partial charge in [-0.15, -0.1) is 0 Å². The molecule has 4 nitrogen and oxygen atoms in total. The van der Waals surface area contributed by atoms with Crippen LogP contribution in [-0.4, -0.2) is 27.9 Å². The molecule has 0 bridgehead atoms. The van der Waals surface area contributed by atoms with Gasteiger partial charge >= 0.3 is 0 Å². The van der Waals surface area contributed by atoms with Crippen molar-refractivity contribution in [3.8, 4) is 22.4 Å². The molecule has 3 N–H and O–H groups in total. The lowest BCUT2D eigenvalue weighted by molar-refractivity contribution is 0.0712. The number of alkyl halides is 1. The third-order valence-corrected chi connectivity index (χ3v) is 5.35. The van der Waals surface area contributed by atoms with Gasteiger partial charge in [0.1, 0.15) is 0 Å². The number of aromatic nitrogens is 2. The second kappa shape index (κ2) is 10.4. The Hall–Kier alpha value is -3.15. The van der Waals surface area contributed by atoms with Gasteiger partial charge in [0.2, 0.25) is 0 Å². The molecular weight excluding hydrogens is 401 g/mol. The highest BCUT2D eigenvalue weighted by Gasteiger charge is 2.17. The van der Waals surface area contributed by atoms with Crippen LogP contribution in [-0.2, 0) is 13.0 Å². The Bertz CT molecular complexity index is 1150. The molecule has 2 aromatic heterocycles. The van der Waals surface area contributed by atoms with Crippen molar-refractivity contribution in [3.05, 3.63) is 84.2 Å². The predicted molar refractivity (Wildman–Crippen MR) is 130 cm³/mol. The standard InChI is InChI=1S/C26H27N3O.CH3F/c1-26(2,30)14-12-23-22-16-21(19-6-4-3-5-7-19)25(29-24(22)13-15-28-23)20-10-8-18(17-27)9-11-20;1-2/h3-11,13,15-16,30H,12,14,17,27H2,1-2H3;1H3. The van der Waals surface area contributed by atoms with Crippen molar-refractivity contribution in [2.45, 2.75) is 38.8 Å². The van der Waals surface area contributed by atoms with Gasteiger partial charge in [0.25, 0.3) is 0 Å². The average molecular weight is 432 g/mol. The first kappa shape index (κ1) is 23.5. The summed E-state index contributed by atoms with van der Waals surface area (Å²) in [6.45, 7) is 4.18. The lowest BCUT2D eigenvalue weighted by Gasteiger charge is -2.18. The number of aliphatic hydroxyl groups is 1. The zero-order valence-electron chi connectivity index (χ0n) is 18.8. The van der Waals surface area contributed by atoms with Gasteiger partial charge in [-0.2, -0.15) is 0 Å². The monoisotopic (exact) mass is 431 g/mol. The maximum absolute atomic E-state index is 10.2. The van der Waals surface area contributed by atoms with Gasteiger partial charge in [0.15, 0.2) is 0 Å². The zero-order chi connectivity index (χ0) is 23.1. The highest BCUT2D eigenvalue weighted by atomic mass is 19.1. The largest absolute Gasteiger partial charge is 0.390 e. The van der Waals surface area contributed by atoms with Gasteiger partial charge in [0, 0.05) is 34.9 Å². The molecule has 4 aromatic rings. The summed E-state index contributed by atoms with van der Waals surface area (Å²) in [6, 6.07) is 22.7. The van der Waals surface area contributed by atoms with E-state index in [4.69, 9.17) is 10.7 Å². The normalized spacial score (nSPS) is 11.2. The summed E-state index contributed by atoms with van der Waals surface area (Å²) in [5.41, 5.74) is 12.2. The number of hydrogen-bond acceptors (Lipinski definition) is 4. The topological polar surface area (TPSA) is 72.0 Å². The number of benzene rings is 2. The lowest BCUT2D eigenvalue weighted by Crippen LogP contribution is -2.19. The lowest BCUT2D eigenvalue weighted by atomic mass is 9.95. The van der Waals surface area contributed by atoms with E-state index in [0.717, 1.165) is 44.5 Å². The number of fused-ring (bicyclic) bond motifs is 1. The Morgan fingerprint density at radius 3 is 2.25 bits per heavy atom. The third kappa shape index (κ3) is 5.55. The van der Waals surface area contributed by atoms with E-state index >= 15 is 0 Å². The minimum Gasteiger partial charge on any atom is -0.390 e. The molecule has 2 aromatic carbocycles. The molecule has 2 heterocycles. The van der Waals surface area contributed by atoms with E-state index in [0.29, 0.717) is 26.6 Å². The van der Waals surface area contributed by atoms with E-state index in [-0.39, 0.29) is 0 Å². The number of nitrogens with zero attached hydrogens (tertiary/aromatic N) is 2. The molecule has 0 amide bonds. The maximum Gasteiger partial charge on any atom is 0.0788 e. The van der Waals surface area contributed by atoms with Crippen LogP contribution in [0.4, 0.5) is 4.39 Å². The van der Waals surface area contributed by atoms with E-state index in [1.807, 2.05) is 38.1 Å². The summed E-state index contributed by atoms with van der Waals surface area (Å²) < 4.78 is 9.50. The average Bonchev–Trinajstić information content (AvgIpc) is 2.83. The molecule has 0 aliphatic heterocycles. The number of rotatable bonds is 6. The first-order chi connectivity index (χ1) is 15.4. The van der Waals surface area contributed by atoms with Crippen molar-refractivity contribution >= 4 is 10.9 Å². The van der Waals surface area contributed by atoms with Crippen molar-refractivity contribution in [2.24, 2.45) is 5.73 Å². The number of nitrogens with two attached hydrogens (primary N) is 1. The van der Waals surface area contributed by atoms with E-state index in [9.17, 15) is 9.50 Å². The fourth-order valence-electron chi connectivity index (χ4n) is 3.63. The molecule has 0 radical (unpaired) electrons. The third-order valence-electron chi connectivity index (χ3n) is 5.35. The van der Waals surface area contributed by atoms with Crippen LogP contribution in [0.1, 0.15) is 31.5 Å². The molecule has 0 saturated heterocycles. The van der Waals surface area contributed by atoms with Gasteiger partial charge in [-0.25, -0.2) is 4.98 Å². The van der Waals surface area contributed by atoms with Crippen LogP contribution < -0.4 is 5.73 Å². The van der Waals surface area contributed by atoms with Gasteiger partial charge in [-0.1, -0.05) is 54.6 Å². The first-order valence-electron chi connectivity index (χ1n) is 10.7. The van der Waals surface area contributed by atoms with Gasteiger partial charge in [-0.05, 0) is 49.9 Å². The maximum atomic E-state index is 10.2. The molecule has 0 atom stereocenters. The summed E-state index contributed by atoms with van der Waals surface area (Å²) in [6.07, 6.45) is 3.14. The first-order valence-corrected chi connectivity index (χ1v) is 10.7. The predicted octanol–water partition coefficient (Wildman–Crippen LogP) is 5.71. The Balaban J connectivity index is 0.00000141. The van der Waals surface area contributed by atoms with Crippen LogP contribution in [0.5, 0.6) is 0 Å². The van der Waals surface area contributed by atoms with Crippen LogP contribution in [0.25, 0.3) is 33.3 Å². The quantitative estimate of drug-likeness (QED) is 0.410.